The lowest BCUT2D eigenvalue weighted by Gasteiger charge is -2.37. The molecule has 0 bridgehead atoms. The molecule has 1 saturated heterocycles. The fourth-order valence-corrected chi connectivity index (χ4v) is 3.91. The number of nitrogens with one attached hydrogen (secondary N) is 2. The number of nitrogens with zero attached hydrogens (tertiary/aromatic N) is 5. The van der Waals surface area contributed by atoms with E-state index in [1.165, 1.54) is 0 Å². The number of aliphatic imine (C=N–C) groups is 1. The smallest absolute Gasteiger partial charge is 0.326 e. The van der Waals surface area contributed by atoms with E-state index in [9.17, 15) is 4.79 Å². The molecule has 2 N–H and O–H groups in total. The third-order valence-corrected chi connectivity index (χ3v) is 5.78. The number of hydrogen-bond donors (Lipinski definition) is 2. The Labute approximate surface area is 208 Å². The Balaban J connectivity index is 1.51. The minimum atomic E-state index is -0.412. The maximum Gasteiger partial charge on any atom is 0.326 e. The second kappa shape index (κ2) is 10.7. The number of guanidine groups is 1. The van der Waals surface area contributed by atoms with Crippen molar-refractivity contribution in [3.05, 3.63) is 76.0 Å². The van der Waals surface area contributed by atoms with Crippen molar-refractivity contribution in [1.29, 1.82) is 0 Å². The third-order valence-electron chi connectivity index (χ3n) is 5.27. The molecule has 0 atom stereocenters. The second-order valence-corrected chi connectivity index (χ2v) is 8.80. The van der Waals surface area contributed by atoms with Crippen LogP contribution in [0.4, 0.5) is 22.1 Å². The number of amides is 2. The lowest BCUT2D eigenvalue weighted by Crippen LogP contribution is -2.54. The molecule has 8 nitrogen and oxygen atoms in total. The Hall–Kier alpha value is -3.36. The Morgan fingerprint density at radius 1 is 0.882 bits per heavy atom. The van der Waals surface area contributed by atoms with Gasteiger partial charge in [-0.05, 0) is 68.4 Å². The van der Waals surface area contributed by atoms with Crippen LogP contribution in [0.15, 0.2) is 59.6 Å². The molecule has 4 rings (SSSR count). The molecule has 34 heavy (non-hydrogen) atoms. The van der Waals surface area contributed by atoms with E-state index < -0.39 is 6.03 Å². The van der Waals surface area contributed by atoms with Gasteiger partial charge in [0.05, 0.1) is 0 Å². The predicted octanol–water partition coefficient (Wildman–Crippen LogP) is 5.03. The van der Waals surface area contributed by atoms with Crippen LogP contribution in [0.3, 0.4) is 0 Å². The standard InChI is InChI=1S/C24H25Cl2N7O/c1-16-15-17(2)28-22(27-16)30-23(31-24(34)29-20-7-3-18(25)4-8-20)33-13-11-32(12-14-33)21-9-5-19(26)6-10-21/h3-10,15H,11-14H2,1-2H3,(H2,27,28,29,30,31,34). The highest BCUT2D eigenvalue weighted by molar-refractivity contribution is 6.30. The van der Waals surface area contributed by atoms with Gasteiger partial charge in [-0.1, -0.05) is 23.2 Å². The van der Waals surface area contributed by atoms with Crippen molar-refractivity contribution in [2.75, 3.05) is 36.4 Å². The van der Waals surface area contributed by atoms with E-state index >= 15 is 0 Å². The summed E-state index contributed by atoms with van der Waals surface area (Å²) in [5.74, 6) is 0.701. The predicted molar refractivity (Wildman–Crippen MR) is 137 cm³/mol. The van der Waals surface area contributed by atoms with Gasteiger partial charge in [0, 0.05) is 59.0 Å². The normalized spacial score (nSPS) is 14.2. The number of hydrogen-bond acceptors (Lipinski definition) is 5. The fraction of sp³-hybridized carbons (Fsp3) is 0.250. The van der Waals surface area contributed by atoms with Crippen LogP contribution in [0.1, 0.15) is 11.4 Å². The minimum absolute atomic E-state index is 0.305. The molecule has 2 aromatic carbocycles. The van der Waals surface area contributed by atoms with Gasteiger partial charge >= 0.3 is 6.03 Å². The summed E-state index contributed by atoms with van der Waals surface area (Å²) in [6.45, 7) is 6.61. The largest absolute Gasteiger partial charge is 0.368 e. The molecule has 1 aliphatic heterocycles. The first-order chi connectivity index (χ1) is 16.4. The number of aromatic nitrogens is 2. The Bertz CT molecular complexity index is 1150. The van der Waals surface area contributed by atoms with Gasteiger partial charge in [0.15, 0.2) is 0 Å². The van der Waals surface area contributed by atoms with E-state index in [2.05, 4.69) is 30.5 Å². The molecule has 0 unspecified atom stereocenters. The van der Waals surface area contributed by atoms with Crippen LogP contribution in [0.25, 0.3) is 0 Å². The summed E-state index contributed by atoms with van der Waals surface area (Å²) in [5, 5.41) is 6.99. The van der Waals surface area contributed by atoms with Gasteiger partial charge in [-0.25, -0.2) is 14.8 Å². The average Bonchev–Trinajstić information content (AvgIpc) is 2.80. The summed E-state index contributed by atoms with van der Waals surface area (Å²) in [4.78, 5) is 30.5. The molecule has 1 aromatic heterocycles. The van der Waals surface area contributed by atoms with Crippen LogP contribution >= 0.6 is 23.2 Å². The van der Waals surface area contributed by atoms with Crippen molar-refractivity contribution >= 4 is 52.5 Å². The lowest BCUT2D eigenvalue weighted by molar-refractivity contribution is 0.254. The van der Waals surface area contributed by atoms with Crippen molar-refractivity contribution < 1.29 is 4.79 Å². The molecule has 176 valence electrons. The Morgan fingerprint density at radius 2 is 1.44 bits per heavy atom. The van der Waals surface area contributed by atoms with Crippen molar-refractivity contribution in [3.8, 4) is 0 Å². The highest BCUT2D eigenvalue weighted by Crippen LogP contribution is 2.20. The van der Waals surface area contributed by atoms with Gasteiger partial charge in [0.2, 0.25) is 5.96 Å². The van der Waals surface area contributed by atoms with Crippen LogP contribution < -0.4 is 15.5 Å². The van der Waals surface area contributed by atoms with Crippen LogP contribution in [0, 0.1) is 13.8 Å². The van der Waals surface area contributed by atoms with E-state index in [1.807, 2.05) is 49.1 Å². The quantitative estimate of drug-likeness (QED) is 0.391. The number of carbonyl (C=O) groups excluding carboxylic acids is 1. The molecule has 1 fully saturated rings. The first-order valence-electron chi connectivity index (χ1n) is 10.9. The molecule has 2 heterocycles. The van der Waals surface area contributed by atoms with Crippen LogP contribution in [0.5, 0.6) is 0 Å². The van der Waals surface area contributed by atoms with E-state index in [-0.39, 0.29) is 0 Å². The third kappa shape index (κ3) is 6.36. The van der Waals surface area contributed by atoms with Gasteiger partial charge in [-0.3, -0.25) is 5.32 Å². The van der Waals surface area contributed by atoms with Crippen molar-refractivity contribution in [2.24, 2.45) is 4.99 Å². The SMILES string of the molecule is Cc1cc(C)nc(/N=C(\NC(=O)Nc2ccc(Cl)cc2)N2CCN(c3ccc(Cl)cc3)CC2)n1. The van der Waals surface area contributed by atoms with Crippen molar-refractivity contribution in [1.82, 2.24) is 20.2 Å². The zero-order chi connectivity index (χ0) is 24.1. The molecule has 0 spiro atoms. The molecule has 3 aromatic rings. The van der Waals surface area contributed by atoms with Gasteiger partial charge in [0.25, 0.3) is 5.95 Å². The Kier molecular flexibility index (Phi) is 7.49. The fourth-order valence-electron chi connectivity index (χ4n) is 3.66. The zero-order valence-corrected chi connectivity index (χ0v) is 20.4. The minimum Gasteiger partial charge on any atom is -0.368 e. The second-order valence-electron chi connectivity index (χ2n) is 7.92. The number of carbonyl (C=O) groups is 1. The van der Waals surface area contributed by atoms with Gasteiger partial charge < -0.3 is 15.1 Å². The summed E-state index contributed by atoms with van der Waals surface area (Å²) in [6.07, 6.45) is 0. The maximum atomic E-state index is 12.8. The first kappa shape index (κ1) is 23.8. The first-order valence-corrected chi connectivity index (χ1v) is 11.6. The molecule has 10 heteroatoms. The molecule has 0 aliphatic carbocycles. The number of halogens is 2. The maximum absolute atomic E-state index is 12.8. The number of rotatable bonds is 3. The average molecular weight is 498 g/mol. The monoisotopic (exact) mass is 497 g/mol. The summed E-state index contributed by atoms with van der Waals surface area (Å²) < 4.78 is 0. The highest BCUT2D eigenvalue weighted by atomic mass is 35.5. The Morgan fingerprint density at radius 3 is 2.03 bits per heavy atom. The van der Waals surface area contributed by atoms with Crippen LogP contribution in [-0.4, -0.2) is 53.0 Å². The van der Waals surface area contributed by atoms with Crippen LogP contribution in [0.2, 0.25) is 10.0 Å². The van der Waals surface area contributed by atoms with Gasteiger partial charge in [0.1, 0.15) is 0 Å². The summed E-state index contributed by atoms with van der Waals surface area (Å²) in [6, 6.07) is 16.1. The number of urea groups is 1. The lowest BCUT2D eigenvalue weighted by atomic mass is 10.2. The number of aryl methyl sites for hydroxylation is 2. The number of benzene rings is 2. The molecular weight excluding hydrogens is 473 g/mol. The van der Waals surface area contributed by atoms with E-state index in [0.717, 1.165) is 30.2 Å². The molecule has 1 aliphatic rings. The van der Waals surface area contributed by atoms with E-state index in [1.54, 1.807) is 24.3 Å². The van der Waals surface area contributed by atoms with Crippen LogP contribution in [-0.2, 0) is 0 Å². The molecular formula is C24H25Cl2N7O. The molecule has 0 saturated carbocycles. The van der Waals surface area contributed by atoms with E-state index in [4.69, 9.17) is 23.2 Å². The summed E-state index contributed by atoms with van der Waals surface area (Å²) in [5.41, 5.74) is 3.35. The number of piperazine rings is 1. The molecule has 0 radical (unpaired) electrons. The highest BCUT2D eigenvalue weighted by Gasteiger charge is 2.22. The summed E-state index contributed by atoms with van der Waals surface area (Å²) >= 11 is 12.0. The molecule has 2 amide bonds. The van der Waals surface area contributed by atoms with E-state index in [0.29, 0.717) is 40.7 Å². The van der Waals surface area contributed by atoms with Crippen molar-refractivity contribution in [2.45, 2.75) is 13.8 Å². The summed E-state index contributed by atoms with van der Waals surface area (Å²) in [7, 11) is 0. The topological polar surface area (TPSA) is 85.7 Å². The zero-order valence-electron chi connectivity index (χ0n) is 18.9. The number of anilines is 2. The van der Waals surface area contributed by atoms with Gasteiger partial charge in [-0.15, -0.1) is 0 Å². The van der Waals surface area contributed by atoms with Gasteiger partial charge in [-0.2, -0.15) is 4.99 Å². The van der Waals surface area contributed by atoms with Crippen molar-refractivity contribution in [3.63, 3.8) is 0 Å².